The first-order valence-corrected chi connectivity index (χ1v) is 9.16. The summed E-state index contributed by atoms with van der Waals surface area (Å²) in [7, 11) is 0. The highest BCUT2D eigenvalue weighted by molar-refractivity contribution is 5.79. The number of allylic oxidation sites excluding steroid dienone is 2. The Hall–Kier alpha value is -1.32. The third kappa shape index (κ3) is 1.96. The molecule has 0 aromatic heterocycles. The maximum Gasteiger partial charge on any atom is 0.224 e. The highest BCUT2D eigenvalue weighted by atomic mass is 16.2. The lowest BCUT2D eigenvalue weighted by Gasteiger charge is -2.57. The molecule has 3 fully saturated rings. The SMILES string of the molecule is C[C@]12CCC(=O)NC1=CC[C@@H]1[C@H]2CC[C@]2(C)C(C(N)=O)CC[C@@H]12. The first kappa shape index (κ1) is 15.2. The molecule has 0 aromatic carbocycles. The molecular formula is C19H28N2O2. The number of carbonyl (C=O) groups excluding carboxylic acids is 2. The molecule has 2 amide bonds. The van der Waals surface area contributed by atoms with Gasteiger partial charge in [-0.1, -0.05) is 19.9 Å². The molecule has 23 heavy (non-hydrogen) atoms. The maximum atomic E-state index is 11.9. The van der Waals surface area contributed by atoms with Crippen LogP contribution in [0.3, 0.4) is 0 Å². The first-order valence-electron chi connectivity index (χ1n) is 9.16. The number of piperidine rings is 1. The van der Waals surface area contributed by atoms with Crippen LogP contribution in [0.25, 0.3) is 0 Å². The molecule has 3 aliphatic carbocycles. The summed E-state index contributed by atoms with van der Waals surface area (Å²) in [6.07, 6.45) is 9.29. The highest BCUT2D eigenvalue weighted by Gasteiger charge is 2.59. The molecule has 0 aromatic rings. The predicted octanol–water partition coefficient (Wildman–Crippen LogP) is 2.73. The number of primary amides is 1. The summed E-state index contributed by atoms with van der Waals surface area (Å²) in [6.45, 7) is 4.65. The minimum Gasteiger partial charge on any atom is -0.369 e. The van der Waals surface area contributed by atoms with E-state index in [2.05, 4.69) is 25.2 Å². The van der Waals surface area contributed by atoms with Gasteiger partial charge in [0.1, 0.15) is 0 Å². The Morgan fingerprint density at radius 2 is 2.00 bits per heavy atom. The van der Waals surface area contributed by atoms with Crippen LogP contribution >= 0.6 is 0 Å². The van der Waals surface area contributed by atoms with Gasteiger partial charge in [-0.25, -0.2) is 0 Å². The number of nitrogens with one attached hydrogen (secondary N) is 1. The fourth-order valence-corrected chi connectivity index (χ4v) is 6.66. The van der Waals surface area contributed by atoms with E-state index >= 15 is 0 Å². The summed E-state index contributed by atoms with van der Waals surface area (Å²) in [4.78, 5) is 23.7. The average Bonchev–Trinajstić information content (AvgIpc) is 2.85. The second-order valence-corrected chi connectivity index (χ2v) is 8.77. The first-order chi connectivity index (χ1) is 10.9. The highest BCUT2D eigenvalue weighted by Crippen LogP contribution is 2.65. The van der Waals surface area contributed by atoms with E-state index in [9.17, 15) is 9.59 Å². The lowest BCUT2D eigenvalue weighted by Crippen LogP contribution is -2.53. The molecule has 2 saturated carbocycles. The van der Waals surface area contributed by atoms with Crippen LogP contribution in [0.15, 0.2) is 11.8 Å². The van der Waals surface area contributed by atoms with Gasteiger partial charge in [0.25, 0.3) is 0 Å². The molecule has 4 rings (SSSR count). The molecule has 4 heteroatoms. The van der Waals surface area contributed by atoms with E-state index in [4.69, 9.17) is 5.73 Å². The van der Waals surface area contributed by atoms with E-state index in [1.165, 1.54) is 5.70 Å². The zero-order valence-corrected chi connectivity index (χ0v) is 14.2. The molecule has 3 N–H and O–H groups in total. The van der Waals surface area contributed by atoms with Crippen molar-refractivity contribution in [1.82, 2.24) is 5.32 Å². The smallest absolute Gasteiger partial charge is 0.224 e. The Balaban J connectivity index is 1.67. The topological polar surface area (TPSA) is 72.2 Å². The number of hydrogen-bond acceptors (Lipinski definition) is 2. The van der Waals surface area contributed by atoms with Gasteiger partial charge in [-0.3, -0.25) is 9.59 Å². The predicted molar refractivity (Wildman–Crippen MR) is 87.9 cm³/mol. The molecule has 0 radical (unpaired) electrons. The lowest BCUT2D eigenvalue weighted by molar-refractivity contribution is -0.130. The molecule has 126 valence electrons. The zero-order valence-electron chi connectivity index (χ0n) is 14.2. The van der Waals surface area contributed by atoms with Crippen LogP contribution in [-0.4, -0.2) is 11.8 Å². The Labute approximate surface area is 138 Å². The molecule has 0 spiro atoms. The van der Waals surface area contributed by atoms with Crippen molar-refractivity contribution in [1.29, 1.82) is 0 Å². The zero-order chi connectivity index (χ0) is 16.4. The van der Waals surface area contributed by atoms with Crippen LogP contribution in [0, 0.1) is 34.5 Å². The molecule has 1 heterocycles. The fourth-order valence-electron chi connectivity index (χ4n) is 6.66. The van der Waals surface area contributed by atoms with Gasteiger partial charge in [0.2, 0.25) is 11.8 Å². The number of amides is 2. The van der Waals surface area contributed by atoms with Crippen molar-refractivity contribution < 1.29 is 9.59 Å². The monoisotopic (exact) mass is 316 g/mol. The van der Waals surface area contributed by atoms with Crippen molar-refractivity contribution in [3.63, 3.8) is 0 Å². The van der Waals surface area contributed by atoms with E-state index < -0.39 is 0 Å². The lowest BCUT2D eigenvalue weighted by atomic mass is 9.49. The van der Waals surface area contributed by atoms with Crippen LogP contribution in [0.4, 0.5) is 0 Å². The standard InChI is InChI=1S/C19H28N2O2/c1-18-9-7-13-11(12(18)4-5-14(18)17(20)23)3-6-15-19(13,2)10-8-16(22)21-15/h6,11-14H,3-5,7-10H2,1-2H3,(H2,20,23)(H,21,22)/t11-,12-,13+,14?,18-,19+/m0/s1. The summed E-state index contributed by atoms with van der Waals surface area (Å²) >= 11 is 0. The molecule has 1 aliphatic heterocycles. The molecular weight excluding hydrogens is 288 g/mol. The summed E-state index contributed by atoms with van der Waals surface area (Å²) < 4.78 is 0. The summed E-state index contributed by atoms with van der Waals surface area (Å²) in [5, 5.41) is 3.14. The molecule has 1 unspecified atom stereocenters. The van der Waals surface area contributed by atoms with Crippen LogP contribution in [0.5, 0.6) is 0 Å². The number of hydrogen-bond donors (Lipinski definition) is 2. The van der Waals surface area contributed by atoms with E-state index in [-0.39, 0.29) is 28.6 Å². The van der Waals surface area contributed by atoms with Crippen molar-refractivity contribution in [2.75, 3.05) is 0 Å². The molecule has 4 aliphatic rings. The van der Waals surface area contributed by atoms with E-state index in [1.807, 2.05) is 0 Å². The largest absolute Gasteiger partial charge is 0.369 e. The number of rotatable bonds is 1. The third-order valence-corrected chi connectivity index (χ3v) is 7.95. The number of carbonyl (C=O) groups is 2. The van der Waals surface area contributed by atoms with Crippen molar-refractivity contribution in [2.45, 2.75) is 58.8 Å². The Morgan fingerprint density at radius 3 is 2.74 bits per heavy atom. The van der Waals surface area contributed by atoms with Crippen LogP contribution in [-0.2, 0) is 9.59 Å². The minimum atomic E-state index is -0.100. The maximum absolute atomic E-state index is 11.9. The van der Waals surface area contributed by atoms with Crippen LogP contribution < -0.4 is 11.1 Å². The quantitative estimate of drug-likeness (QED) is 0.781. The molecule has 1 saturated heterocycles. The van der Waals surface area contributed by atoms with Gasteiger partial charge < -0.3 is 11.1 Å². The van der Waals surface area contributed by atoms with Crippen LogP contribution in [0.2, 0.25) is 0 Å². The van der Waals surface area contributed by atoms with Crippen molar-refractivity contribution in [3.05, 3.63) is 11.8 Å². The molecule has 6 atom stereocenters. The van der Waals surface area contributed by atoms with Gasteiger partial charge in [0.05, 0.1) is 0 Å². The van der Waals surface area contributed by atoms with Crippen LogP contribution in [0.1, 0.15) is 58.8 Å². The molecule has 4 nitrogen and oxygen atoms in total. The molecule has 0 bridgehead atoms. The van der Waals surface area contributed by atoms with Gasteiger partial charge in [-0.15, -0.1) is 0 Å². The summed E-state index contributed by atoms with van der Waals surface area (Å²) in [5.74, 6) is 2.00. The second kappa shape index (κ2) is 4.84. The van der Waals surface area contributed by atoms with Gasteiger partial charge in [0.15, 0.2) is 0 Å². The van der Waals surface area contributed by atoms with E-state index in [0.717, 1.165) is 38.5 Å². The second-order valence-electron chi connectivity index (χ2n) is 8.77. The Morgan fingerprint density at radius 1 is 1.22 bits per heavy atom. The summed E-state index contributed by atoms with van der Waals surface area (Å²) in [6, 6.07) is 0. The summed E-state index contributed by atoms with van der Waals surface area (Å²) in [5.41, 5.74) is 7.08. The fraction of sp³-hybridized carbons (Fsp3) is 0.789. The van der Waals surface area contributed by atoms with E-state index in [1.54, 1.807) is 0 Å². The van der Waals surface area contributed by atoms with Gasteiger partial charge in [-0.2, -0.15) is 0 Å². The van der Waals surface area contributed by atoms with Crippen molar-refractivity contribution in [2.24, 2.45) is 40.2 Å². The Bertz CT molecular complexity index is 598. The normalized spacial score (nSPS) is 48.6. The number of fused-ring (bicyclic) bond motifs is 5. The van der Waals surface area contributed by atoms with Crippen molar-refractivity contribution in [3.8, 4) is 0 Å². The van der Waals surface area contributed by atoms with Gasteiger partial charge in [0, 0.05) is 23.5 Å². The van der Waals surface area contributed by atoms with Crippen molar-refractivity contribution >= 4 is 11.8 Å². The van der Waals surface area contributed by atoms with Gasteiger partial charge >= 0.3 is 0 Å². The minimum absolute atomic E-state index is 0.0534. The third-order valence-electron chi connectivity index (χ3n) is 7.95. The van der Waals surface area contributed by atoms with E-state index in [0.29, 0.717) is 24.2 Å². The van der Waals surface area contributed by atoms with Gasteiger partial charge in [-0.05, 0) is 61.7 Å². The number of nitrogens with two attached hydrogens (primary N) is 1. The average molecular weight is 316 g/mol. The Kier molecular flexibility index (Phi) is 3.20.